The quantitative estimate of drug-likeness (QED) is 0.777. The van der Waals surface area contributed by atoms with Crippen LogP contribution in [0.4, 0.5) is 0 Å². The van der Waals surface area contributed by atoms with Gasteiger partial charge in [0.05, 0.1) is 12.6 Å². The van der Waals surface area contributed by atoms with Crippen LogP contribution >= 0.6 is 15.9 Å². The Balaban J connectivity index is 1.62. The first kappa shape index (κ1) is 14.2. The summed E-state index contributed by atoms with van der Waals surface area (Å²) in [5.74, 6) is 1.86. The van der Waals surface area contributed by atoms with Crippen molar-refractivity contribution in [2.24, 2.45) is 0 Å². The van der Waals surface area contributed by atoms with E-state index in [0.717, 1.165) is 29.1 Å². The van der Waals surface area contributed by atoms with Crippen LogP contribution in [-0.2, 0) is 0 Å². The smallest absolute Gasteiger partial charge is 0.169 e. The number of halogens is 1. The standard InChI is InChI=1S/C15H18BrNO2/c1-12(14-8-9-15(16)19-14)17-10-5-11-18-13-6-3-2-4-7-13/h2-4,6-9,12,17H,5,10-11H2,1H3. The zero-order chi connectivity index (χ0) is 13.5. The molecule has 1 aromatic heterocycles. The van der Waals surface area contributed by atoms with Crippen LogP contribution in [0.15, 0.2) is 51.6 Å². The molecule has 19 heavy (non-hydrogen) atoms. The molecule has 3 nitrogen and oxygen atoms in total. The molecule has 1 atom stereocenters. The van der Waals surface area contributed by atoms with Gasteiger partial charge >= 0.3 is 0 Å². The zero-order valence-corrected chi connectivity index (χ0v) is 12.5. The third-order valence-corrected chi connectivity index (χ3v) is 3.23. The van der Waals surface area contributed by atoms with E-state index in [-0.39, 0.29) is 6.04 Å². The van der Waals surface area contributed by atoms with Crippen molar-refractivity contribution in [2.45, 2.75) is 19.4 Å². The predicted octanol–water partition coefficient (Wildman–Crippen LogP) is 4.16. The highest BCUT2D eigenvalue weighted by atomic mass is 79.9. The van der Waals surface area contributed by atoms with Gasteiger partial charge in [-0.3, -0.25) is 0 Å². The van der Waals surface area contributed by atoms with Gasteiger partial charge in [0.25, 0.3) is 0 Å². The summed E-state index contributed by atoms with van der Waals surface area (Å²) in [6.07, 6.45) is 0.959. The van der Waals surface area contributed by atoms with E-state index in [0.29, 0.717) is 6.61 Å². The van der Waals surface area contributed by atoms with E-state index < -0.39 is 0 Å². The molecule has 0 fully saturated rings. The maximum absolute atomic E-state index is 5.63. The summed E-state index contributed by atoms with van der Waals surface area (Å²) in [6.45, 7) is 3.70. The topological polar surface area (TPSA) is 34.4 Å². The number of ether oxygens (including phenoxy) is 1. The second kappa shape index (κ2) is 7.36. The molecule has 0 amide bonds. The van der Waals surface area contributed by atoms with Crippen LogP contribution in [0.1, 0.15) is 25.1 Å². The van der Waals surface area contributed by atoms with Crippen molar-refractivity contribution in [3.63, 3.8) is 0 Å². The van der Waals surface area contributed by atoms with Crippen molar-refractivity contribution >= 4 is 15.9 Å². The molecule has 0 saturated carbocycles. The molecule has 1 N–H and O–H groups in total. The fraction of sp³-hybridized carbons (Fsp3) is 0.333. The highest BCUT2D eigenvalue weighted by Crippen LogP contribution is 2.19. The average molecular weight is 324 g/mol. The summed E-state index contributed by atoms with van der Waals surface area (Å²) < 4.78 is 11.9. The average Bonchev–Trinajstić information content (AvgIpc) is 2.86. The van der Waals surface area contributed by atoms with Gasteiger partial charge in [-0.05, 0) is 60.1 Å². The SMILES string of the molecule is CC(NCCCOc1ccccc1)c1ccc(Br)o1. The molecule has 0 radical (unpaired) electrons. The Morgan fingerprint density at radius 1 is 1.21 bits per heavy atom. The number of benzene rings is 1. The highest BCUT2D eigenvalue weighted by Gasteiger charge is 2.08. The monoisotopic (exact) mass is 323 g/mol. The molecule has 102 valence electrons. The molecule has 1 aromatic carbocycles. The molecular weight excluding hydrogens is 306 g/mol. The van der Waals surface area contributed by atoms with Crippen molar-refractivity contribution in [3.05, 3.63) is 52.9 Å². The lowest BCUT2D eigenvalue weighted by Gasteiger charge is -2.11. The lowest BCUT2D eigenvalue weighted by atomic mass is 10.2. The molecule has 2 rings (SSSR count). The van der Waals surface area contributed by atoms with Crippen molar-refractivity contribution in [3.8, 4) is 5.75 Å². The summed E-state index contributed by atoms with van der Waals surface area (Å²) in [5.41, 5.74) is 0. The Kier molecular flexibility index (Phi) is 5.48. The summed E-state index contributed by atoms with van der Waals surface area (Å²) in [6, 6.07) is 14.0. The lowest BCUT2D eigenvalue weighted by Crippen LogP contribution is -2.21. The van der Waals surface area contributed by atoms with E-state index in [2.05, 4.69) is 28.2 Å². The lowest BCUT2D eigenvalue weighted by molar-refractivity contribution is 0.303. The normalized spacial score (nSPS) is 12.3. The van der Waals surface area contributed by atoms with Gasteiger partial charge in [-0.1, -0.05) is 18.2 Å². The van der Waals surface area contributed by atoms with Gasteiger partial charge in [0.15, 0.2) is 4.67 Å². The van der Waals surface area contributed by atoms with Crippen LogP contribution in [0, 0.1) is 0 Å². The van der Waals surface area contributed by atoms with Gasteiger partial charge in [-0.2, -0.15) is 0 Å². The fourth-order valence-corrected chi connectivity index (χ4v) is 2.08. The molecule has 4 heteroatoms. The third kappa shape index (κ3) is 4.73. The van der Waals surface area contributed by atoms with Crippen molar-refractivity contribution < 1.29 is 9.15 Å². The number of para-hydroxylation sites is 1. The predicted molar refractivity (Wildman–Crippen MR) is 79.4 cm³/mol. The molecule has 1 unspecified atom stereocenters. The van der Waals surface area contributed by atoms with E-state index in [1.54, 1.807) is 0 Å². The summed E-state index contributed by atoms with van der Waals surface area (Å²) in [5, 5.41) is 3.40. The van der Waals surface area contributed by atoms with Gasteiger partial charge in [-0.15, -0.1) is 0 Å². The van der Waals surface area contributed by atoms with Crippen molar-refractivity contribution in [1.82, 2.24) is 5.32 Å². The molecular formula is C15H18BrNO2. The van der Waals surface area contributed by atoms with Gasteiger partial charge < -0.3 is 14.5 Å². The van der Waals surface area contributed by atoms with Crippen LogP contribution in [0.2, 0.25) is 0 Å². The summed E-state index contributed by atoms with van der Waals surface area (Å²) in [7, 11) is 0. The number of rotatable bonds is 7. The number of nitrogens with one attached hydrogen (secondary N) is 1. The number of furan rings is 1. The second-order valence-corrected chi connectivity index (χ2v) is 5.11. The first-order valence-corrected chi connectivity index (χ1v) is 7.21. The van der Waals surface area contributed by atoms with Crippen LogP contribution < -0.4 is 10.1 Å². The second-order valence-electron chi connectivity index (χ2n) is 4.33. The molecule has 0 spiro atoms. The van der Waals surface area contributed by atoms with Crippen LogP contribution in [0.5, 0.6) is 5.75 Å². The maximum Gasteiger partial charge on any atom is 0.169 e. The largest absolute Gasteiger partial charge is 0.494 e. The van der Waals surface area contributed by atoms with E-state index >= 15 is 0 Å². The Hall–Kier alpha value is -1.26. The Labute approximate surface area is 122 Å². The van der Waals surface area contributed by atoms with Gasteiger partial charge in [0, 0.05) is 0 Å². The summed E-state index contributed by atoms with van der Waals surface area (Å²) in [4.78, 5) is 0. The minimum absolute atomic E-state index is 0.211. The molecule has 2 aromatic rings. The van der Waals surface area contributed by atoms with Gasteiger partial charge in [-0.25, -0.2) is 0 Å². The molecule has 0 bridgehead atoms. The molecule has 0 aliphatic rings. The van der Waals surface area contributed by atoms with Crippen LogP contribution in [0.3, 0.4) is 0 Å². The Bertz CT molecular complexity index is 484. The van der Waals surface area contributed by atoms with E-state index in [9.17, 15) is 0 Å². The third-order valence-electron chi connectivity index (χ3n) is 2.80. The van der Waals surface area contributed by atoms with Crippen LogP contribution in [-0.4, -0.2) is 13.2 Å². The molecule has 0 aliphatic heterocycles. The first-order valence-electron chi connectivity index (χ1n) is 6.42. The van der Waals surface area contributed by atoms with Gasteiger partial charge in [0.2, 0.25) is 0 Å². The number of hydrogen-bond donors (Lipinski definition) is 1. The Morgan fingerprint density at radius 2 is 2.00 bits per heavy atom. The highest BCUT2D eigenvalue weighted by molar-refractivity contribution is 9.10. The van der Waals surface area contributed by atoms with E-state index in [1.165, 1.54) is 0 Å². The Morgan fingerprint density at radius 3 is 2.68 bits per heavy atom. The molecule has 0 saturated heterocycles. The minimum Gasteiger partial charge on any atom is -0.494 e. The van der Waals surface area contributed by atoms with Crippen LogP contribution in [0.25, 0.3) is 0 Å². The summed E-state index contributed by atoms with van der Waals surface area (Å²) >= 11 is 3.30. The van der Waals surface area contributed by atoms with Crippen molar-refractivity contribution in [2.75, 3.05) is 13.2 Å². The molecule has 0 aliphatic carbocycles. The van der Waals surface area contributed by atoms with Crippen molar-refractivity contribution in [1.29, 1.82) is 0 Å². The minimum atomic E-state index is 0.211. The van der Waals surface area contributed by atoms with E-state index in [4.69, 9.17) is 9.15 Å². The number of hydrogen-bond acceptors (Lipinski definition) is 3. The first-order chi connectivity index (χ1) is 9.25. The van der Waals surface area contributed by atoms with Gasteiger partial charge in [0.1, 0.15) is 11.5 Å². The molecule has 1 heterocycles. The van der Waals surface area contributed by atoms with E-state index in [1.807, 2.05) is 42.5 Å². The maximum atomic E-state index is 5.63. The fourth-order valence-electron chi connectivity index (χ4n) is 1.76. The zero-order valence-electron chi connectivity index (χ0n) is 10.9.